The van der Waals surface area contributed by atoms with E-state index in [0.717, 1.165) is 0 Å². The van der Waals surface area contributed by atoms with Crippen molar-refractivity contribution in [3.8, 4) is 0 Å². The molecule has 6 nitrogen and oxygen atoms in total. The highest BCUT2D eigenvalue weighted by Crippen LogP contribution is 2.57. The maximum absolute atomic E-state index is 14.3. The Morgan fingerprint density at radius 1 is 0.429 bits per heavy atom. The van der Waals surface area contributed by atoms with Crippen molar-refractivity contribution in [1.29, 1.82) is 0 Å². The molecule has 14 heteroatoms. The topological polar surface area (TPSA) is 74.8 Å². The molecule has 0 heterocycles. The SMILES string of the molecule is O=S(=O)(c1ccccc1)N(C1c2ccccc2C(N(C(Br)(Br)Br)S(=O)(=O)c2ccccc2)c2ccccc21)C(Br)(Br)Br. The fourth-order valence-electron chi connectivity index (χ4n) is 5.11. The molecule has 1 aliphatic carbocycles. The zero-order valence-corrected chi connectivity index (χ0v) is 32.3. The Labute approximate surface area is 295 Å². The van der Waals surface area contributed by atoms with Crippen LogP contribution in [0.4, 0.5) is 0 Å². The molecule has 0 unspecified atom stereocenters. The molecule has 0 aliphatic heterocycles. The lowest BCUT2D eigenvalue weighted by Crippen LogP contribution is -2.48. The van der Waals surface area contributed by atoms with Gasteiger partial charge in [-0.25, -0.2) is 16.8 Å². The van der Waals surface area contributed by atoms with Crippen LogP contribution >= 0.6 is 95.6 Å². The molecular formula is C28H20Br6N2O4S2. The second-order valence-corrected chi connectivity index (χ2v) is 26.1. The van der Waals surface area contributed by atoms with E-state index in [-0.39, 0.29) is 9.79 Å². The number of halogens is 6. The van der Waals surface area contributed by atoms with Crippen molar-refractivity contribution in [3.63, 3.8) is 0 Å². The van der Waals surface area contributed by atoms with E-state index < -0.39 is 36.7 Å². The highest BCUT2D eigenvalue weighted by atomic mass is 80.0. The van der Waals surface area contributed by atoms with Gasteiger partial charge in [0.15, 0.2) is 0 Å². The molecule has 0 saturated heterocycles. The number of hydrogen-bond donors (Lipinski definition) is 0. The van der Waals surface area contributed by atoms with Gasteiger partial charge in [0.05, 0.1) is 21.9 Å². The first-order valence-corrected chi connectivity index (χ1v) is 19.8. The summed E-state index contributed by atoms with van der Waals surface area (Å²) < 4.78 is 57.1. The van der Waals surface area contributed by atoms with Crippen LogP contribution in [0.15, 0.2) is 119 Å². The van der Waals surface area contributed by atoms with Crippen molar-refractivity contribution in [3.05, 3.63) is 131 Å². The van der Waals surface area contributed by atoms with Gasteiger partial charge in [0.25, 0.3) is 0 Å². The fraction of sp³-hybridized carbons (Fsp3) is 0.143. The maximum atomic E-state index is 14.3. The number of benzene rings is 4. The maximum Gasteiger partial charge on any atom is 0.246 e. The van der Waals surface area contributed by atoms with Crippen LogP contribution in [-0.4, -0.2) is 30.0 Å². The van der Waals surface area contributed by atoms with Crippen molar-refractivity contribution < 1.29 is 16.8 Å². The molecule has 0 fully saturated rings. The number of sulfonamides is 2. The molecule has 5 rings (SSSR count). The summed E-state index contributed by atoms with van der Waals surface area (Å²) in [6, 6.07) is 29.1. The number of alkyl halides is 6. The Morgan fingerprint density at radius 2 is 0.667 bits per heavy atom. The molecule has 0 atom stereocenters. The first-order chi connectivity index (χ1) is 19.7. The van der Waals surface area contributed by atoms with Crippen molar-refractivity contribution in [2.45, 2.75) is 26.4 Å². The van der Waals surface area contributed by atoms with Crippen LogP contribution in [0.3, 0.4) is 0 Å². The monoisotopic (exact) mass is 986 g/mol. The zero-order chi connectivity index (χ0) is 30.5. The molecule has 0 N–H and O–H groups in total. The van der Waals surface area contributed by atoms with E-state index in [1.807, 2.05) is 48.5 Å². The van der Waals surface area contributed by atoms with E-state index >= 15 is 0 Å². The van der Waals surface area contributed by atoms with Crippen LogP contribution < -0.4 is 0 Å². The summed E-state index contributed by atoms with van der Waals surface area (Å²) in [7, 11) is -8.30. The van der Waals surface area contributed by atoms with E-state index in [9.17, 15) is 16.8 Å². The van der Waals surface area contributed by atoms with Crippen molar-refractivity contribution >= 4 is 116 Å². The third kappa shape index (κ3) is 6.19. The van der Waals surface area contributed by atoms with E-state index in [1.54, 1.807) is 36.4 Å². The Morgan fingerprint density at radius 3 is 0.905 bits per heavy atom. The normalized spacial score (nSPS) is 17.6. The largest absolute Gasteiger partial charge is 0.246 e. The molecule has 0 amide bonds. The van der Waals surface area contributed by atoms with Crippen LogP contribution in [0.5, 0.6) is 0 Å². The second kappa shape index (κ2) is 12.4. The standard InChI is InChI=1S/C28H20Br6N2O4S2/c29-27(30,31)35(41(37,38)19-11-3-1-4-12-19)25-21-15-7-9-17-23(21)26(24-18-10-8-16-22(24)25)36(28(32,33)34)42(39,40)20-13-5-2-6-14-20/h1-18,25-26H. The zero-order valence-electron chi connectivity index (χ0n) is 21.2. The lowest BCUT2D eigenvalue weighted by atomic mass is 9.79. The summed E-state index contributed by atoms with van der Waals surface area (Å²) >= 11 is 21.0. The molecule has 0 spiro atoms. The highest BCUT2D eigenvalue weighted by Gasteiger charge is 2.52. The molecule has 0 saturated carbocycles. The van der Waals surface area contributed by atoms with Gasteiger partial charge in [-0.3, -0.25) is 0 Å². The van der Waals surface area contributed by atoms with Crippen LogP contribution in [0.1, 0.15) is 34.3 Å². The van der Waals surface area contributed by atoms with Gasteiger partial charge in [0.1, 0.15) is 0 Å². The van der Waals surface area contributed by atoms with Gasteiger partial charge in [-0.1, -0.05) is 84.9 Å². The molecule has 0 aromatic heterocycles. The Kier molecular flexibility index (Phi) is 9.74. The molecule has 1 aliphatic rings. The minimum absolute atomic E-state index is 0.0958. The van der Waals surface area contributed by atoms with Crippen molar-refractivity contribution in [1.82, 2.24) is 8.61 Å². The van der Waals surface area contributed by atoms with Gasteiger partial charge >= 0.3 is 0 Å². The predicted molar refractivity (Wildman–Crippen MR) is 187 cm³/mol. The van der Waals surface area contributed by atoms with Crippen molar-refractivity contribution in [2.75, 3.05) is 0 Å². The molecule has 0 radical (unpaired) electrons. The molecular weight excluding hydrogens is 972 g/mol. The van der Waals surface area contributed by atoms with Gasteiger partial charge < -0.3 is 0 Å². The second-order valence-electron chi connectivity index (χ2n) is 9.23. The summed E-state index contributed by atoms with van der Waals surface area (Å²) in [5, 5.41) is 0. The summed E-state index contributed by atoms with van der Waals surface area (Å²) in [5.74, 6) is 0. The first kappa shape index (κ1) is 33.0. The minimum Gasteiger partial charge on any atom is -0.207 e. The molecule has 0 bridgehead atoms. The third-order valence-corrected chi connectivity index (χ3v) is 14.2. The molecule has 42 heavy (non-hydrogen) atoms. The quantitative estimate of drug-likeness (QED) is 0.143. The van der Waals surface area contributed by atoms with Crippen LogP contribution in [-0.2, 0) is 20.0 Å². The average Bonchev–Trinajstić information content (AvgIpc) is 2.94. The first-order valence-electron chi connectivity index (χ1n) is 12.2. The third-order valence-electron chi connectivity index (χ3n) is 6.74. The van der Waals surface area contributed by atoms with Gasteiger partial charge in [-0.15, -0.1) is 8.61 Å². The van der Waals surface area contributed by atoms with Gasteiger partial charge in [-0.05, 0) is 142 Å². The summed E-state index contributed by atoms with van der Waals surface area (Å²) in [6.45, 7) is 0. The number of hydrogen-bond acceptors (Lipinski definition) is 4. The molecule has 4 aromatic carbocycles. The lowest BCUT2D eigenvalue weighted by molar-refractivity contribution is 0.340. The minimum atomic E-state index is -4.15. The van der Waals surface area contributed by atoms with E-state index in [0.29, 0.717) is 22.3 Å². The van der Waals surface area contributed by atoms with E-state index in [2.05, 4.69) is 95.6 Å². The average molecular weight is 992 g/mol. The van der Waals surface area contributed by atoms with Gasteiger partial charge in [0, 0.05) is 0 Å². The smallest absolute Gasteiger partial charge is 0.207 e. The molecule has 4 aromatic rings. The van der Waals surface area contributed by atoms with Gasteiger partial charge in [0.2, 0.25) is 24.6 Å². The van der Waals surface area contributed by atoms with Crippen LogP contribution in [0.25, 0.3) is 0 Å². The Bertz CT molecular complexity index is 1630. The number of nitrogens with zero attached hydrogens (tertiary/aromatic N) is 2. The van der Waals surface area contributed by atoms with Crippen LogP contribution in [0, 0.1) is 0 Å². The fourth-order valence-corrected chi connectivity index (χ4v) is 12.8. The highest BCUT2D eigenvalue weighted by molar-refractivity contribution is 9.39. The lowest BCUT2D eigenvalue weighted by Gasteiger charge is -2.46. The Hall–Kier alpha value is -0.420. The van der Waals surface area contributed by atoms with Crippen molar-refractivity contribution in [2.24, 2.45) is 0 Å². The summed E-state index contributed by atoms with van der Waals surface area (Å²) in [4.78, 5) is 0.192. The summed E-state index contributed by atoms with van der Waals surface area (Å²) in [6.07, 6.45) is 0. The number of fused-ring (bicyclic) bond motifs is 2. The predicted octanol–water partition coefficient (Wildman–Crippen LogP) is 9.15. The van der Waals surface area contributed by atoms with E-state index in [1.165, 1.54) is 32.9 Å². The Balaban J connectivity index is 1.82. The number of rotatable bonds is 6. The molecule has 220 valence electrons. The van der Waals surface area contributed by atoms with Gasteiger partial charge in [-0.2, -0.15) is 0 Å². The van der Waals surface area contributed by atoms with Crippen LogP contribution in [0.2, 0.25) is 0 Å². The van der Waals surface area contributed by atoms with E-state index in [4.69, 9.17) is 0 Å². The summed E-state index contributed by atoms with van der Waals surface area (Å²) in [5.41, 5.74) is 2.42.